The topological polar surface area (TPSA) is 6.48 Å². The molecule has 0 aliphatic carbocycles. The van der Waals surface area contributed by atoms with E-state index in [0.717, 1.165) is 20.6 Å². The highest BCUT2D eigenvalue weighted by Gasteiger charge is 2.58. The summed E-state index contributed by atoms with van der Waals surface area (Å²) in [6.45, 7) is 0. The van der Waals surface area contributed by atoms with Crippen LogP contribution in [0.3, 0.4) is 0 Å². The van der Waals surface area contributed by atoms with E-state index in [1.165, 1.54) is 0 Å². The molecule has 0 bridgehead atoms. The minimum atomic E-state index is -1.13. The number of hydrogen-bond acceptors (Lipinski definition) is 2. The molecule has 0 radical (unpaired) electrons. The van der Waals surface area contributed by atoms with Crippen molar-refractivity contribution in [1.29, 1.82) is 0 Å². The molecule has 2 nitrogen and oxygen atoms in total. The second kappa shape index (κ2) is 7.98. The van der Waals surface area contributed by atoms with Gasteiger partial charge in [-0.05, 0) is 34.7 Å². The van der Waals surface area contributed by atoms with Crippen molar-refractivity contribution < 1.29 is 0 Å². The van der Waals surface area contributed by atoms with Gasteiger partial charge in [0.2, 0.25) is 0 Å². The lowest BCUT2D eigenvalue weighted by Gasteiger charge is -2.43. The first kappa shape index (κ1) is 19.6. The molecule has 0 fully saturated rings. The Kier molecular flexibility index (Phi) is 5.59. The second-order valence-corrected chi connectivity index (χ2v) is 8.11. The molecule has 2 atom stereocenters. The highest BCUT2D eigenvalue weighted by Crippen LogP contribution is 2.61. The molecule has 0 saturated carbocycles. The molecule has 28 heavy (non-hydrogen) atoms. The van der Waals surface area contributed by atoms with Gasteiger partial charge in [-0.25, -0.2) is 0 Å². The molecular weight excluding hydrogens is 434 g/mol. The standard InChI is InChI=1S/C22H16Cl4N2/c23-20-19(16-10-4-1-5-11-16)22(28(25)26,18-14-8-3-9-15-18)27(24)21(20)17-12-6-2-7-13-17/h1-15,19H. The zero-order valence-corrected chi connectivity index (χ0v) is 17.7. The molecule has 0 spiro atoms. The molecule has 1 aliphatic heterocycles. The molecule has 3 aromatic rings. The van der Waals surface area contributed by atoms with E-state index >= 15 is 0 Å². The quantitative estimate of drug-likeness (QED) is 0.385. The zero-order valence-electron chi connectivity index (χ0n) is 14.6. The van der Waals surface area contributed by atoms with Crippen molar-refractivity contribution in [3.05, 3.63) is 113 Å². The van der Waals surface area contributed by atoms with Gasteiger partial charge in [0.25, 0.3) is 0 Å². The molecule has 4 rings (SSSR count). The van der Waals surface area contributed by atoms with Crippen molar-refractivity contribution in [3.63, 3.8) is 0 Å². The third-order valence-electron chi connectivity index (χ3n) is 5.01. The van der Waals surface area contributed by atoms with Crippen LogP contribution in [0.2, 0.25) is 0 Å². The van der Waals surface area contributed by atoms with E-state index in [-0.39, 0.29) is 0 Å². The third kappa shape index (κ3) is 3.01. The predicted molar refractivity (Wildman–Crippen MR) is 118 cm³/mol. The van der Waals surface area contributed by atoms with Crippen LogP contribution >= 0.6 is 46.9 Å². The molecule has 1 heterocycles. The van der Waals surface area contributed by atoms with Crippen LogP contribution in [-0.4, -0.2) is 8.36 Å². The number of hydrogen-bond donors (Lipinski definition) is 0. The van der Waals surface area contributed by atoms with E-state index in [1.807, 2.05) is 91.0 Å². The Morgan fingerprint density at radius 2 is 1.25 bits per heavy atom. The lowest BCUT2D eigenvalue weighted by molar-refractivity contribution is 0.156. The number of nitrogens with zero attached hydrogens (tertiary/aromatic N) is 2. The minimum absolute atomic E-state index is 0.402. The molecule has 6 heteroatoms. The van der Waals surface area contributed by atoms with Gasteiger partial charge in [-0.15, -0.1) is 0 Å². The predicted octanol–water partition coefficient (Wildman–Crippen LogP) is 7.31. The average molecular weight is 450 g/mol. The number of rotatable bonds is 4. The van der Waals surface area contributed by atoms with Gasteiger partial charge >= 0.3 is 0 Å². The second-order valence-electron chi connectivity index (χ2n) is 6.51. The first-order chi connectivity index (χ1) is 13.6. The summed E-state index contributed by atoms with van der Waals surface area (Å²) < 4.78 is 2.66. The summed E-state index contributed by atoms with van der Waals surface area (Å²) in [5, 5.41) is 0.572. The molecule has 0 saturated heterocycles. The molecule has 0 aromatic heterocycles. The van der Waals surface area contributed by atoms with Gasteiger partial charge in [0.15, 0.2) is 5.66 Å². The van der Waals surface area contributed by atoms with Crippen molar-refractivity contribution in [2.45, 2.75) is 11.6 Å². The van der Waals surface area contributed by atoms with Gasteiger partial charge in [0.05, 0.1) is 16.6 Å². The van der Waals surface area contributed by atoms with Crippen LogP contribution in [0.5, 0.6) is 0 Å². The maximum Gasteiger partial charge on any atom is 0.175 e. The Bertz CT molecular complexity index is 977. The van der Waals surface area contributed by atoms with E-state index in [4.69, 9.17) is 46.9 Å². The number of benzene rings is 3. The lowest BCUT2D eigenvalue weighted by atomic mass is 9.83. The summed E-state index contributed by atoms with van der Waals surface area (Å²) in [6.07, 6.45) is 0. The minimum Gasteiger partial charge on any atom is -0.256 e. The van der Waals surface area contributed by atoms with Gasteiger partial charge in [-0.2, -0.15) is 0 Å². The van der Waals surface area contributed by atoms with Crippen LogP contribution in [0.15, 0.2) is 96.0 Å². The normalized spacial score (nSPS) is 22.2. The Morgan fingerprint density at radius 1 is 0.750 bits per heavy atom. The molecule has 0 N–H and O–H groups in total. The van der Waals surface area contributed by atoms with Gasteiger partial charge in [-0.1, -0.05) is 107 Å². The highest BCUT2D eigenvalue weighted by molar-refractivity contribution is 6.38. The van der Waals surface area contributed by atoms with E-state index in [2.05, 4.69) is 0 Å². The summed E-state index contributed by atoms with van der Waals surface area (Å²) in [4.78, 5) is 0. The van der Waals surface area contributed by atoms with Crippen molar-refractivity contribution in [2.75, 3.05) is 0 Å². The summed E-state index contributed by atoms with van der Waals surface area (Å²) in [7, 11) is 0. The molecule has 1 aliphatic rings. The lowest BCUT2D eigenvalue weighted by Crippen LogP contribution is -2.47. The maximum absolute atomic E-state index is 7.00. The first-order valence-electron chi connectivity index (χ1n) is 8.71. The van der Waals surface area contributed by atoms with Crippen molar-refractivity contribution >= 4 is 52.6 Å². The largest absolute Gasteiger partial charge is 0.256 e. The van der Waals surface area contributed by atoms with Crippen molar-refractivity contribution in [2.24, 2.45) is 0 Å². The van der Waals surface area contributed by atoms with Crippen LogP contribution in [0.1, 0.15) is 22.6 Å². The summed E-state index contributed by atoms with van der Waals surface area (Å²) >= 11 is 27.0. The number of halogens is 4. The summed E-state index contributed by atoms with van der Waals surface area (Å²) in [5.74, 6) is -0.402. The third-order valence-corrected chi connectivity index (χ3v) is 6.35. The zero-order chi connectivity index (χ0) is 19.7. The fraction of sp³-hybridized carbons (Fsp3) is 0.0909. The monoisotopic (exact) mass is 448 g/mol. The maximum atomic E-state index is 7.00. The summed E-state index contributed by atoms with van der Waals surface area (Å²) in [5.41, 5.74) is 2.21. The van der Waals surface area contributed by atoms with Crippen LogP contribution in [-0.2, 0) is 5.66 Å². The molecule has 2 unspecified atom stereocenters. The van der Waals surface area contributed by atoms with E-state index in [0.29, 0.717) is 10.7 Å². The van der Waals surface area contributed by atoms with Crippen LogP contribution in [0.25, 0.3) is 5.70 Å². The molecular formula is C22H16Cl4N2. The average Bonchev–Trinajstić information content (AvgIpc) is 2.97. The van der Waals surface area contributed by atoms with Crippen LogP contribution < -0.4 is 0 Å². The Hall–Kier alpha value is -1.68. The van der Waals surface area contributed by atoms with Crippen molar-refractivity contribution in [3.8, 4) is 0 Å². The van der Waals surface area contributed by atoms with Crippen molar-refractivity contribution in [1.82, 2.24) is 8.36 Å². The molecule has 0 amide bonds. The van der Waals surface area contributed by atoms with Gasteiger partial charge < -0.3 is 0 Å². The fourth-order valence-electron chi connectivity index (χ4n) is 3.79. The van der Waals surface area contributed by atoms with E-state index in [1.54, 1.807) is 4.42 Å². The van der Waals surface area contributed by atoms with E-state index in [9.17, 15) is 0 Å². The smallest absolute Gasteiger partial charge is 0.175 e. The van der Waals surface area contributed by atoms with Gasteiger partial charge in [0, 0.05) is 17.3 Å². The van der Waals surface area contributed by atoms with Crippen LogP contribution in [0.4, 0.5) is 0 Å². The van der Waals surface area contributed by atoms with E-state index < -0.39 is 11.6 Å². The Balaban J connectivity index is 2.02. The van der Waals surface area contributed by atoms with Crippen LogP contribution in [0, 0.1) is 0 Å². The first-order valence-corrected chi connectivity index (χ1v) is 10.1. The molecule has 142 valence electrons. The fourth-order valence-corrected chi connectivity index (χ4v) is 5.38. The Morgan fingerprint density at radius 3 is 1.79 bits per heavy atom. The molecule has 3 aromatic carbocycles. The van der Waals surface area contributed by atoms with Gasteiger partial charge in [-0.3, -0.25) is 4.42 Å². The summed E-state index contributed by atoms with van der Waals surface area (Å²) in [6, 6.07) is 29.3. The Labute approximate surface area is 184 Å². The highest BCUT2D eigenvalue weighted by atomic mass is 35.5. The van der Waals surface area contributed by atoms with Gasteiger partial charge in [0.1, 0.15) is 0 Å². The SMILES string of the molecule is ClC1=C(c2ccccc2)N(Cl)C(c2ccccc2)(N(Cl)Cl)C1c1ccccc1.